The maximum Gasteiger partial charge on any atom is 0.417 e. The highest BCUT2D eigenvalue weighted by Gasteiger charge is 2.38. The van der Waals surface area contributed by atoms with Crippen LogP contribution in [-0.4, -0.2) is 13.4 Å². The van der Waals surface area contributed by atoms with Crippen molar-refractivity contribution in [2.75, 3.05) is 0 Å². The quantitative estimate of drug-likeness (QED) is 0.670. The van der Waals surface area contributed by atoms with Crippen molar-refractivity contribution in [1.29, 1.82) is 0 Å². The molecule has 3 aromatic rings. The summed E-state index contributed by atoms with van der Waals surface area (Å²) in [5, 5.41) is 4.92. The van der Waals surface area contributed by atoms with E-state index in [0.29, 0.717) is 18.2 Å². The number of rotatable bonds is 3. The normalized spacial score (nSPS) is 12.4. The van der Waals surface area contributed by atoms with Crippen molar-refractivity contribution in [2.24, 2.45) is 5.14 Å². The number of nitrogens with zero attached hydrogens (tertiary/aromatic N) is 1. The molecule has 0 bridgehead atoms. The number of oxazole rings is 1. The summed E-state index contributed by atoms with van der Waals surface area (Å²) < 4.78 is 95.3. The minimum Gasteiger partial charge on any atom is -0.445 e. The van der Waals surface area contributed by atoms with E-state index < -0.39 is 38.3 Å². The molecule has 0 unspecified atom stereocenters. The first-order valence-corrected chi connectivity index (χ1v) is 8.66. The monoisotopic (exact) mass is 404 g/mol. The number of alkyl halides is 3. The fraction of sp³-hybridized carbons (Fsp3) is 0.0625. The van der Waals surface area contributed by atoms with Gasteiger partial charge in [-0.25, -0.2) is 27.3 Å². The minimum atomic E-state index is -5.06. The second kappa shape index (κ2) is 6.43. The van der Waals surface area contributed by atoms with Crippen LogP contribution in [-0.2, 0) is 16.2 Å². The topological polar surface area (TPSA) is 86.2 Å². The van der Waals surface area contributed by atoms with Crippen molar-refractivity contribution < 1.29 is 34.8 Å². The standard InChI is InChI=1S/C16H9F5N2O3S/c17-12-2-1-8(5-13(12)18)9-7-14(27(22,24)25)11(16(19,20)21)6-10(9)15-23-3-4-26-15/h1-7H,(H2,22,24,25). The lowest BCUT2D eigenvalue weighted by Gasteiger charge is -2.16. The van der Waals surface area contributed by atoms with E-state index in [4.69, 9.17) is 9.56 Å². The Balaban J connectivity index is 2.42. The lowest BCUT2D eigenvalue weighted by Crippen LogP contribution is -2.19. The summed E-state index contributed by atoms with van der Waals surface area (Å²) in [7, 11) is -4.79. The maximum atomic E-state index is 13.6. The van der Waals surface area contributed by atoms with Gasteiger partial charge in [0.25, 0.3) is 0 Å². The van der Waals surface area contributed by atoms with Crippen molar-refractivity contribution in [3.8, 4) is 22.6 Å². The first-order valence-electron chi connectivity index (χ1n) is 7.12. The molecule has 0 saturated carbocycles. The van der Waals surface area contributed by atoms with E-state index in [-0.39, 0.29) is 22.6 Å². The Morgan fingerprint density at radius 2 is 1.70 bits per heavy atom. The zero-order valence-electron chi connectivity index (χ0n) is 13.1. The average Bonchev–Trinajstić information content (AvgIpc) is 3.09. The smallest absolute Gasteiger partial charge is 0.417 e. The van der Waals surface area contributed by atoms with E-state index in [9.17, 15) is 30.4 Å². The SMILES string of the molecule is NS(=O)(=O)c1cc(-c2ccc(F)c(F)c2)c(-c2ncco2)cc1C(F)(F)F. The van der Waals surface area contributed by atoms with Crippen LogP contribution in [0.5, 0.6) is 0 Å². The highest BCUT2D eigenvalue weighted by molar-refractivity contribution is 7.89. The summed E-state index contributed by atoms with van der Waals surface area (Å²) >= 11 is 0. The van der Waals surface area contributed by atoms with Crippen LogP contribution in [0.4, 0.5) is 22.0 Å². The Morgan fingerprint density at radius 3 is 2.22 bits per heavy atom. The Hall–Kier alpha value is -2.79. The van der Waals surface area contributed by atoms with Gasteiger partial charge in [0.2, 0.25) is 15.9 Å². The maximum absolute atomic E-state index is 13.6. The van der Waals surface area contributed by atoms with Gasteiger partial charge in [0.05, 0.1) is 16.7 Å². The highest BCUT2D eigenvalue weighted by atomic mass is 32.2. The zero-order chi connectivity index (χ0) is 20.0. The number of primary sulfonamides is 1. The van der Waals surface area contributed by atoms with E-state index in [1.165, 1.54) is 0 Å². The summed E-state index contributed by atoms with van der Waals surface area (Å²) in [6, 6.07) is 3.64. The predicted molar refractivity (Wildman–Crippen MR) is 83.7 cm³/mol. The van der Waals surface area contributed by atoms with Crippen molar-refractivity contribution in [1.82, 2.24) is 4.98 Å². The third-order valence-corrected chi connectivity index (χ3v) is 4.58. The molecule has 0 spiro atoms. The first kappa shape index (κ1) is 19.0. The summed E-state index contributed by atoms with van der Waals surface area (Å²) in [6.07, 6.45) is -2.81. The lowest BCUT2D eigenvalue weighted by molar-refractivity contribution is -0.139. The summed E-state index contributed by atoms with van der Waals surface area (Å²) in [6.45, 7) is 0. The van der Waals surface area contributed by atoms with E-state index in [2.05, 4.69) is 4.98 Å². The Morgan fingerprint density at radius 1 is 1.00 bits per heavy atom. The molecular weight excluding hydrogens is 395 g/mol. The van der Waals surface area contributed by atoms with Crippen molar-refractivity contribution in [2.45, 2.75) is 11.1 Å². The van der Waals surface area contributed by atoms with E-state index >= 15 is 0 Å². The number of hydrogen-bond acceptors (Lipinski definition) is 4. The Bertz CT molecular complexity index is 1110. The van der Waals surface area contributed by atoms with Gasteiger partial charge in [-0.2, -0.15) is 13.2 Å². The second-order valence-corrected chi connectivity index (χ2v) is 6.93. The second-order valence-electron chi connectivity index (χ2n) is 5.40. The third-order valence-electron chi connectivity index (χ3n) is 3.62. The molecule has 0 atom stereocenters. The summed E-state index contributed by atoms with van der Waals surface area (Å²) in [4.78, 5) is 2.53. The van der Waals surface area contributed by atoms with Crippen LogP contribution < -0.4 is 5.14 Å². The summed E-state index contributed by atoms with van der Waals surface area (Å²) in [5.74, 6) is -2.74. The largest absolute Gasteiger partial charge is 0.445 e. The number of halogens is 5. The predicted octanol–water partition coefficient (Wildman–Crippen LogP) is 3.95. The third kappa shape index (κ3) is 3.69. The summed E-state index contributed by atoms with van der Waals surface area (Å²) in [5.41, 5.74) is -2.09. The van der Waals surface area contributed by atoms with Crippen LogP contribution in [0.15, 0.2) is 52.1 Å². The zero-order valence-corrected chi connectivity index (χ0v) is 13.9. The van der Waals surface area contributed by atoms with Crippen molar-refractivity contribution in [3.05, 3.63) is 60.0 Å². The van der Waals surface area contributed by atoms with Gasteiger partial charge in [0.15, 0.2) is 11.6 Å². The van der Waals surface area contributed by atoms with Crippen LogP contribution in [0.25, 0.3) is 22.6 Å². The molecular formula is C16H9F5N2O3S. The molecule has 0 radical (unpaired) electrons. The lowest BCUT2D eigenvalue weighted by atomic mass is 9.96. The molecule has 2 aromatic carbocycles. The molecule has 0 aliphatic rings. The molecule has 1 heterocycles. The van der Waals surface area contributed by atoms with E-state index in [0.717, 1.165) is 24.6 Å². The first-order chi connectivity index (χ1) is 12.5. The van der Waals surface area contributed by atoms with E-state index in [1.54, 1.807) is 0 Å². The van der Waals surface area contributed by atoms with Gasteiger partial charge >= 0.3 is 6.18 Å². The van der Waals surface area contributed by atoms with Gasteiger partial charge in [-0.05, 0) is 35.4 Å². The molecule has 1 aromatic heterocycles. The van der Waals surface area contributed by atoms with Gasteiger partial charge < -0.3 is 4.42 Å². The van der Waals surface area contributed by atoms with Gasteiger partial charge in [-0.15, -0.1) is 0 Å². The van der Waals surface area contributed by atoms with Crippen molar-refractivity contribution in [3.63, 3.8) is 0 Å². The van der Waals surface area contributed by atoms with Gasteiger partial charge in [0.1, 0.15) is 6.26 Å². The Labute approximate surface area is 149 Å². The number of nitrogens with two attached hydrogens (primary N) is 1. The van der Waals surface area contributed by atoms with Crippen molar-refractivity contribution >= 4 is 10.0 Å². The van der Waals surface area contributed by atoms with E-state index in [1.807, 2.05) is 0 Å². The fourth-order valence-electron chi connectivity index (χ4n) is 2.47. The average molecular weight is 404 g/mol. The molecule has 2 N–H and O–H groups in total. The molecule has 0 amide bonds. The molecule has 0 aliphatic heterocycles. The van der Waals surface area contributed by atoms with Gasteiger partial charge in [0, 0.05) is 5.56 Å². The number of hydrogen-bond donors (Lipinski definition) is 1. The molecule has 5 nitrogen and oxygen atoms in total. The van der Waals surface area contributed by atoms with Crippen LogP contribution >= 0.6 is 0 Å². The molecule has 142 valence electrons. The number of sulfonamides is 1. The molecule has 11 heteroatoms. The van der Waals surface area contributed by atoms with Crippen LogP contribution in [0, 0.1) is 11.6 Å². The molecule has 3 rings (SSSR count). The highest BCUT2D eigenvalue weighted by Crippen LogP contribution is 2.41. The fourth-order valence-corrected chi connectivity index (χ4v) is 3.24. The molecule has 0 aliphatic carbocycles. The van der Waals surface area contributed by atoms with Gasteiger partial charge in [-0.1, -0.05) is 6.07 Å². The molecule has 27 heavy (non-hydrogen) atoms. The number of aromatic nitrogens is 1. The van der Waals surface area contributed by atoms with Gasteiger partial charge in [-0.3, -0.25) is 0 Å². The molecule has 0 fully saturated rings. The number of benzene rings is 2. The Kier molecular flexibility index (Phi) is 4.52. The van der Waals surface area contributed by atoms with Crippen LogP contribution in [0.2, 0.25) is 0 Å². The minimum absolute atomic E-state index is 0.0966. The van der Waals surface area contributed by atoms with Crippen LogP contribution in [0.1, 0.15) is 5.56 Å². The van der Waals surface area contributed by atoms with Crippen LogP contribution in [0.3, 0.4) is 0 Å². The molecule has 0 saturated heterocycles.